The molecule has 18 aromatic rings. The Kier molecular flexibility index (Phi) is 17.2. The van der Waals surface area contributed by atoms with Crippen LogP contribution in [0.5, 0.6) is 0 Å². The van der Waals surface area contributed by atoms with Gasteiger partial charge in [-0.1, -0.05) is 328 Å². The number of hydrogen-bond donors (Lipinski definition) is 0. The van der Waals surface area contributed by atoms with Crippen molar-refractivity contribution >= 4 is 77.2 Å². The van der Waals surface area contributed by atoms with Crippen LogP contribution in [0.15, 0.2) is 425 Å². The summed E-state index contributed by atoms with van der Waals surface area (Å²) in [5.41, 5.74) is 26.1. The maximum atomic E-state index is 2.34. The first-order valence-corrected chi connectivity index (χ1v) is 35.0. The van der Waals surface area contributed by atoms with Crippen LogP contribution in [0.1, 0.15) is 0 Å². The molecule has 2 heteroatoms. The van der Waals surface area contributed by atoms with Gasteiger partial charge in [-0.15, -0.1) is 0 Å². The van der Waals surface area contributed by atoms with Gasteiger partial charge in [0, 0.05) is 34.1 Å². The summed E-state index contributed by atoms with van der Waals surface area (Å²) >= 11 is 0. The summed E-state index contributed by atoms with van der Waals surface area (Å²) in [6.45, 7) is 0. The Morgan fingerprint density at radius 2 is 0.333 bits per heavy atom. The van der Waals surface area contributed by atoms with Gasteiger partial charge in [0.15, 0.2) is 0 Å². The number of rotatable bonds is 14. The molecule has 0 aliphatic heterocycles. The maximum Gasteiger partial charge on any atom is 0.0462 e. The SMILES string of the molecule is c1ccc(-c2ccc(N(c3ccc(-c4ccccc4)cc3)c3ccc(-c4ccc5cc(-c6cccc7ccccc67)ccc5c4)cc3)cc2)cc1.c1ccc(-c2ccc(N(c3ccc(-c4ccccc4)cc3)c3ccc(-c4ccc5ccc(-c6cccc7ccccc67)cc5c4)cc3)cc2)cc1. The van der Waals surface area contributed by atoms with Crippen molar-refractivity contribution in [3.8, 4) is 89.0 Å². The van der Waals surface area contributed by atoms with Gasteiger partial charge in [-0.25, -0.2) is 0 Å². The van der Waals surface area contributed by atoms with E-state index in [2.05, 4.69) is 434 Å². The van der Waals surface area contributed by atoms with Crippen molar-refractivity contribution in [2.45, 2.75) is 0 Å². The van der Waals surface area contributed by atoms with E-state index in [1.54, 1.807) is 0 Å². The molecule has 2 nitrogen and oxygen atoms in total. The van der Waals surface area contributed by atoms with Crippen molar-refractivity contribution in [3.05, 3.63) is 425 Å². The molecule has 0 saturated carbocycles. The summed E-state index contributed by atoms with van der Waals surface area (Å²) in [5.74, 6) is 0. The highest BCUT2D eigenvalue weighted by molar-refractivity contribution is 6.02. The molecule has 480 valence electrons. The Hall–Kier alpha value is -13.4. The van der Waals surface area contributed by atoms with Gasteiger partial charge in [-0.2, -0.15) is 0 Å². The van der Waals surface area contributed by atoms with E-state index in [0.717, 1.165) is 34.1 Å². The summed E-state index contributed by atoms with van der Waals surface area (Å²) in [6.07, 6.45) is 0. The van der Waals surface area contributed by atoms with E-state index in [1.165, 1.54) is 132 Å². The lowest BCUT2D eigenvalue weighted by Crippen LogP contribution is -2.09. The highest BCUT2D eigenvalue weighted by Gasteiger charge is 2.18. The van der Waals surface area contributed by atoms with Crippen molar-refractivity contribution in [1.29, 1.82) is 0 Å². The molecule has 102 heavy (non-hydrogen) atoms. The number of nitrogens with zero attached hydrogens (tertiary/aromatic N) is 2. The highest BCUT2D eigenvalue weighted by atomic mass is 15.1. The molecule has 0 radical (unpaired) electrons. The first-order chi connectivity index (χ1) is 50.5. The van der Waals surface area contributed by atoms with E-state index in [4.69, 9.17) is 0 Å². The molecular weight excluding hydrogens is 1230 g/mol. The van der Waals surface area contributed by atoms with Crippen molar-refractivity contribution in [1.82, 2.24) is 0 Å². The second kappa shape index (κ2) is 28.2. The number of fused-ring (bicyclic) bond motifs is 4. The van der Waals surface area contributed by atoms with Crippen LogP contribution in [0.25, 0.3) is 132 Å². The average molecular weight is 1300 g/mol. The lowest BCUT2D eigenvalue weighted by atomic mass is 9.95. The van der Waals surface area contributed by atoms with Crippen LogP contribution in [-0.4, -0.2) is 0 Å². The molecule has 0 fully saturated rings. The quantitative estimate of drug-likeness (QED) is 0.107. The average Bonchev–Trinajstić information content (AvgIpc) is 0.799. The molecule has 0 N–H and O–H groups in total. The fraction of sp³-hybridized carbons (Fsp3) is 0. The Bertz CT molecular complexity index is 5740. The Balaban J connectivity index is 0.000000152. The van der Waals surface area contributed by atoms with Crippen molar-refractivity contribution < 1.29 is 0 Å². The molecule has 0 saturated heterocycles. The Labute approximate surface area is 596 Å². The molecule has 0 spiro atoms. The highest BCUT2D eigenvalue weighted by Crippen LogP contribution is 2.42. The molecular formula is C100H70N2. The third-order valence-corrected chi connectivity index (χ3v) is 19.7. The molecule has 0 amide bonds. The van der Waals surface area contributed by atoms with E-state index in [-0.39, 0.29) is 0 Å². The molecule has 0 aliphatic carbocycles. The smallest absolute Gasteiger partial charge is 0.0462 e. The van der Waals surface area contributed by atoms with Gasteiger partial charge in [0.1, 0.15) is 0 Å². The van der Waals surface area contributed by atoms with Crippen molar-refractivity contribution in [2.75, 3.05) is 9.80 Å². The van der Waals surface area contributed by atoms with Gasteiger partial charge in [0.25, 0.3) is 0 Å². The number of hydrogen-bond acceptors (Lipinski definition) is 2. The van der Waals surface area contributed by atoms with Crippen LogP contribution in [-0.2, 0) is 0 Å². The zero-order valence-electron chi connectivity index (χ0n) is 56.3. The van der Waals surface area contributed by atoms with Crippen molar-refractivity contribution in [3.63, 3.8) is 0 Å². The van der Waals surface area contributed by atoms with Gasteiger partial charge >= 0.3 is 0 Å². The van der Waals surface area contributed by atoms with Crippen LogP contribution in [0.3, 0.4) is 0 Å². The van der Waals surface area contributed by atoms with Crippen LogP contribution in [0.2, 0.25) is 0 Å². The molecule has 18 aromatic carbocycles. The summed E-state index contributed by atoms with van der Waals surface area (Å²) in [7, 11) is 0. The monoisotopic (exact) mass is 1300 g/mol. The molecule has 0 atom stereocenters. The van der Waals surface area contributed by atoms with Crippen LogP contribution in [0, 0.1) is 0 Å². The minimum absolute atomic E-state index is 1.11. The molecule has 0 aromatic heterocycles. The largest absolute Gasteiger partial charge is 0.311 e. The standard InChI is InChI=1S/2C50H35N/c1-3-10-36(11-4-1)38-22-28-46(29-23-38)51(47-30-24-39(25-31-47)37-12-5-2-6-13-37)48-32-26-40(27-33-48)43-20-18-41-19-21-44(35-45(41)34-43)50-17-9-15-42-14-7-8-16-49(42)50;1-3-10-36(11-4-1)38-22-28-46(29-23-38)51(47-30-24-39(25-31-47)37-12-5-2-6-13-37)48-32-26-40(27-33-48)42-18-19-44-35-45(21-20-43(44)34-42)50-17-9-15-41-14-7-8-16-49(41)50/h2*1-35H. The van der Waals surface area contributed by atoms with Gasteiger partial charge in [-0.3, -0.25) is 0 Å². The second-order valence-electron chi connectivity index (χ2n) is 26.0. The molecule has 0 heterocycles. The van der Waals surface area contributed by atoms with E-state index < -0.39 is 0 Å². The Morgan fingerprint density at radius 3 is 0.657 bits per heavy atom. The summed E-state index contributed by atoms with van der Waals surface area (Å²) in [5, 5.41) is 10.0. The van der Waals surface area contributed by atoms with E-state index in [0.29, 0.717) is 0 Å². The van der Waals surface area contributed by atoms with E-state index in [9.17, 15) is 0 Å². The topological polar surface area (TPSA) is 6.48 Å². The van der Waals surface area contributed by atoms with Gasteiger partial charge < -0.3 is 9.80 Å². The predicted molar refractivity (Wildman–Crippen MR) is 436 cm³/mol. The number of benzene rings is 18. The minimum atomic E-state index is 1.11. The van der Waals surface area contributed by atoms with Gasteiger partial charge in [-0.05, 0) is 229 Å². The minimum Gasteiger partial charge on any atom is -0.311 e. The fourth-order valence-electron chi connectivity index (χ4n) is 14.4. The normalized spacial score (nSPS) is 11.1. The lowest BCUT2D eigenvalue weighted by molar-refractivity contribution is 1.28. The first-order valence-electron chi connectivity index (χ1n) is 35.0. The maximum absolute atomic E-state index is 2.34. The van der Waals surface area contributed by atoms with Crippen LogP contribution >= 0.6 is 0 Å². The van der Waals surface area contributed by atoms with Gasteiger partial charge in [0.2, 0.25) is 0 Å². The third kappa shape index (κ3) is 13.0. The van der Waals surface area contributed by atoms with Crippen LogP contribution < -0.4 is 9.80 Å². The van der Waals surface area contributed by atoms with Crippen LogP contribution in [0.4, 0.5) is 34.1 Å². The second-order valence-corrected chi connectivity index (χ2v) is 26.0. The lowest BCUT2D eigenvalue weighted by Gasteiger charge is -2.26. The number of anilines is 6. The third-order valence-electron chi connectivity index (χ3n) is 19.7. The predicted octanol–water partition coefficient (Wildman–Crippen LogP) is 28.3. The molecule has 0 bridgehead atoms. The summed E-state index contributed by atoms with van der Waals surface area (Å²) in [4.78, 5) is 4.67. The summed E-state index contributed by atoms with van der Waals surface area (Å²) in [6, 6.07) is 153. The van der Waals surface area contributed by atoms with E-state index >= 15 is 0 Å². The fourth-order valence-corrected chi connectivity index (χ4v) is 14.4. The van der Waals surface area contributed by atoms with E-state index in [1.807, 2.05) is 0 Å². The summed E-state index contributed by atoms with van der Waals surface area (Å²) < 4.78 is 0. The molecule has 18 rings (SSSR count). The molecule has 0 unspecified atom stereocenters. The zero-order chi connectivity index (χ0) is 68.0. The van der Waals surface area contributed by atoms with Crippen molar-refractivity contribution in [2.24, 2.45) is 0 Å². The first kappa shape index (κ1) is 62.1. The Morgan fingerprint density at radius 1 is 0.118 bits per heavy atom. The zero-order valence-corrected chi connectivity index (χ0v) is 56.3. The van der Waals surface area contributed by atoms with Gasteiger partial charge in [0.05, 0.1) is 0 Å². The molecule has 0 aliphatic rings.